The van der Waals surface area contributed by atoms with Crippen LogP contribution in [0.4, 0.5) is 4.39 Å². The second-order valence-corrected chi connectivity index (χ2v) is 7.20. The van der Waals surface area contributed by atoms with Crippen molar-refractivity contribution >= 4 is 40.0 Å². The molecule has 0 atom stereocenters. The van der Waals surface area contributed by atoms with Gasteiger partial charge in [0, 0.05) is 31.7 Å². The van der Waals surface area contributed by atoms with Gasteiger partial charge in [-0.1, -0.05) is 32.0 Å². The van der Waals surface area contributed by atoms with Crippen LogP contribution in [0.1, 0.15) is 26.3 Å². The monoisotopic (exact) mass is 486 g/mol. The second-order valence-electron chi connectivity index (χ2n) is 5.11. The van der Waals surface area contributed by atoms with E-state index in [1.54, 1.807) is 18.2 Å². The van der Waals surface area contributed by atoms with Crippen LogP contribution in [-0.2, 0) is 16.6 Å². The van der Waals surface area contributed by atoms with E-state index in [1.165, 1.54) is 10.4 Å². The lowest BCUT2D eigenvalue weighted by Gasteiger charge is -2.19. The molecule has 0 aliphatic rings. The van der Waals surface area contributed by atoms with Crippen LogP contribution in [-0.4, -0.2) is 50.6 Å². The van der Waals surface area contributed by atoms with Crippen molar-refractivity contribution in [2.75, 3.05) is 31.9 Å². The Morgan fingerprint density at radius 3 is 2.36 bits per heavy atom. The molecule has 1 rings (SSSR count). The first-order valence-corrected chi connectivity index (χ1v) is 9.78. The van der Waals surface area contributed by atoms with E-state index in [0.717, 1.165) is 0 Å². The van der Waals surface area contributed by atoms with Crippen molar-refractivity contribution in [1.29, 1.82) is 0 Å². The minimum Gasteiger partial charge on any atom is -0.357 e. The zero-order chi connectivity index (χ0) is 18.0. The van der Waals surface area contributed by atoms with Crippen molar-refractivity contribution in [2.45, 2.75) is 27.3 Å². The number of halogens is 2. The van der Waals surface area contributed by atoms with Gasteiger partial charge in [-0.2, -0.15) is 0 Å². The fourth-order valence-electron chi connectivity index (χ4n) is 2.18. The molecule has 9 heteroatoms. The largest absolute Gasteiger partial charge is 0.357 e. The van der Waals surface area contributed by atoms with Crippen molar-refractivity contribution in [3.8, 4) is 0 Å². The molecule has 0 spiro atoms. The first-order valence-electron chi connectivity index (χ1n) is 8.18. The number of hydrogen-bond donors (Lipinski definition) is 2. The summed E-state index contributed by atoms with van der Waals surface area (Å²) >= 11 is 0. The zero-order valence-electron chi connectivity index (χ0n) is 15.0. The molecule has 0 unspecified atom stereocenters. The Labute approximate surface area is 167 Å². The van der Waals surface area contributed by atoms with Gasteiger partial charge in [-0.05, 0) is 13.0 Å². The fraction of sp³-hybridized carbons (Fsp3) is 0.562. The van der Waals surface area contributed by atoms with E-state index in [1.807, 2.05) is 20.8 Å². The van der Waals surface area contributed by atoms with E-state index in [9.17, 15) is 12.8 Å². The molecule has 0 aliphatic carbocycles. The first kappa shape index (κ1) is 24.1. The molecular formula is C16H28FIN4O2S. The van der Waals surface area contributed by atoms with Crippen LogP contribution in [0.5, 0.6) is 0 Å². The molecule has 1 aromatic rings. The van der Waals surface area contributed by atoms with Crippen molar-refractivity contribution < 1.29 is 12.8 Å². The van der Waals surface area contributed by atoms with Crippen LogP contribution in [0.15, 0.2) is 29.3 Å². The van der Waals surface area contributed by atoms with Crippen LogP contribution < -0.4 is 10.6 Å². The van der Waals surface area contributed by atoms with Gasteiger partial charge in [0.2, 0.25) is 10.0 Å². The van der Waals surface area contributed by atoms with E-state index < -0.39 is 10.0 Å². The number of aliphatic imine (C=N–C) groups is 1. The molecule has 0 saturated heterocycles. The molecule has 0 aliphatic heterocycles. The number of hydrogen-bond acceptors (Lipinski definition) is 3. The first-order chi connectivity index (χ1) is 11.4. The highest BCUT2D eigenvalue weighted by atomic mass is 127. The van der Waals surface area contributed by atoms with Crippen LogP contribution in [0.25, 0.3) is 0 Å². The number of nitrogens with zero attached hydrogens (tertiary/aromatic N) is 2. The van der Waals surface area contributed by atoms with Crippen molar-refractivity contribution in [2.24, 2.45) is 4.99 Å². The predicted molar refractivity (Wildman–Crippen MR) is 111 cm³/mol. The van der Waals surface area contributed by atoms with E-state index in [0.29, 0.717) is 31.2 Å². The Hall–Kier alpha value is -0.940. The number of rotatable bonds is 9. The van der Waals surface area contributed by atoms with Gasteiger partial charge in [-0.25, -0.2) is 22.1 Å². The summed E-state index contributed by atoms with van der Waals surface area (Å²) < 4.78 is 39.3. The van der Waals surface area contributed by atoms with Gasteiger partial charge in [0.1, 0.15) is 5.82 Å². The number of nitrogens with one attached hydrogen (secondary N) is 2. The molecule has 0 radical (unpaired) electrons. The highest BCUT2D eigenvalue weighted by Crippen LogP contribution is 2.07. The highest BCUT2D eigenvalue weighted by Gasteiger charge is 2.18. The molecule has 0 heterocycles. The molecule has 1 aromatic carbocycles. The summed E-state index contributed by atoms with van der Waals surface area (Å²) in [7, 11) is -3.28. The normalized spacial score (nSPS) is 12.0. The average molecular weight is 486 g/mol. The van der Waals surface area contributed by atoms with E-state index in [2.05, 4.69) is 15.6 Å². The lowest BCUT2D eigenvalue weighted by Crippen LogP contribution is -2.42. The maximum atomic E-state index is 13.6. The molecule has 0 fully saturated rings. The number of benzene rings is 1. The van der Waals surface area contributed by atoms with Crippen LogP contribution in [0.2, 0.25) is 0 Å². The topological polar surface area (TPSA) is 73.8 Å². The Bertz CT molecular complexity index is 637. The standard InChI is InChI=1S/C16H27FN4O2S.HI/c1-4-18-16(20-13-14-9-7-8-10-15(14)17)19-11-12-24(22,23)21(5-2)6-3;/h7-10H,4-6,11-13H2,1-3H3,(H2,18,19,20);1H. The molecular weight excluding hydrogens is 458 g/mol. The maximum Gasteiger partial charge on any atom is 0.215 e. The van der Waals surface area contributed by atoms with E-state index >= 15 is 0 Å². The third-order valence-corrected chi connectivity index (χ3v) is 5.48. The van der Waals surface area contributed by atoms with Gasteiger partial charge < -0.3 is 10.6 Å². The lowest BCUT2D eigenvalue weighted by atomic mass is 10.2. The summed E-state index contributed by atoms with van der Waals surface area (Å²) in [6.45, 7) is 7.51. The molecule has 0 bridgehead atoms. The van der Waals surface area contributed by atoms with Crippen LogP contribution in [0, 0.1) is 5.82 Å². The number of guanidine groups is 1. The lowest BCUT2D eigenvalue weighted by molar-refractivity contribution is 0.445. The third kappa shape index (κ3) is 8.32. The van der Waals surface area contributed by atoms with Gasteiger partial charge in [0.15, 0.2) is 5.96 Å². The summed E-state index contributed by atoms with van der Waals surface area (Å²) in [5.74, 6) is 0.149. The maximum absolute atomic E-state index is 13.6. The van der Waals surface area contributed by atoms with Crippen LogP contribution in [0.3, 0.4) is 0 Å². The minimum absolute atomic E-state index is 0. The SMILES string of the molecule is CCNC(=NCc1ccccc1F)NCCS(=O)(=O)N(CC)CC.I. The molecule has 0 saturated carbocycles. The van der Waals surface area contributed by atoms with Gasteiger partial charge in [0.25, 0.3) is 0 Å². The molecule has 0 amide bonds. The Morgan fingerprint density at radius 1 is 1.16 bits per heavy atom. The fourth-order valence-corrected chi connectivity index (χ4v) is 3.58. The summed E-state index contributed by atoms with van der Waals surface area (Å²) in [6.07, 6.45) is 0. The molecule has 25 heavy (non-hydrogen) atoms. The smallest absolute Gasteiger partial charge is 0.215 e. The Balaban J connectivity index is 0.00000576. The Morgan fingerprint density at radius 2 is 1.80 bits per heavy atom. The highest BCUT2D eigenvalue weighted by molar-refractivity contribution is 14.0. The van der Waals surface area contributed by atoms with E-state index in [4.69, 9.17) is 0 Å². The predicted octanol–water partition coefficient (Wildman–Crippen LogP) is 2.17. The van der Waals surface area contributed by atoms with Gasteiger partial charge in [-0.15, -0.1) is 24.0 Å². The molecule has 2 N–H and O–H groups in total. The van der Waals surface area contributed by atoms with Crippen molar-refractivity contribution in [3.05, 3.63) is 35.6 Å². The molecule has 6 nitrogen and oxygen atoms in total. The van der Waals surface area contributed by atoms with Gasteiger partial charge in [-0.3, -0.25) is 0 Å². The summed E-state index contributed by atoms with van der Waals surface area (Å²) in [5, 5.41) is 6.00. The molecule has 0 aromatic heterocycles. The van der Waals surface area contributed by atoms with Gasteiger partial charge >= 0.3 is 0 Å². The summed E-state index contributed by atoms with van der Waals surface area (Å²) in [5.41, 5.74) is 0.491. The third-order valence-electron chi connectivity index (χ3n) is 3.46. The molecule has 144 valence electrons. The van der Waals surface area contributed by atoms with Crippen LogP contribution >= 0.6 is 24.0 Å². The van der Waals surface area contributed by atoms with Crippen molar-refractivity contribution in [3.63, 3.8) is 0 Å². The number of sulfonamides is 1. The quantitative estimate of drug-likeness (QED) is 0.319. The minimum atomic E-state index is -3.28. The second kappa shape index (κ2) is 12.4. The van der Waals surface area contributed by atoms with Gasteiger partial charge in [0.05, 0.1) is 12.3 Å². The Kier molecular flexibility index (Phi) is 12.0. The average Bonchev–Trinajstić information content (AvgIpc) is 2.54. The summed E-state index contributed by atoms with van der Waals surface area (Å²) in [6, 6.07) is 6.45. The van der Waals surface area contributed by atoms with E-state index in [-0.39, 0.29) is 48.6 Å². The summed E-state index contributed by atoms with van der Waals surface area (Å²) in [4.78, 5) is 4.30. The zero-order valence-corrected chi connectivity index (χ0v) is 18.1. The van der Waals surface area contributed by atoms with Crippen molar-refractivity contribution in [1.82, 2.24) is 14.9 Å².